The third-order valence-corrected chi connectivity index (χ3v) is 4.06. The zero-order valence-electron chi connectivity index (χ0n) is 13.2. The number of carbonyl (C=O) groups is 1. The van der Waals surface area contributed by atoms with E-state index in [1.165, 1.54) is 12.7 Å². The molecule has 1 heterocycles. The minimum atomic E-state index is -0.479. The summed E-state index contributed by atoms with van der Waals surface area (Å²) in [5.74, 6) is -0.280. The first kappa shape index (κ1) is 15.7. The van der Waals surface area contributed by atoms with Crippen LogP contribution in [0.25, 0.3) is 10.8 Å². The lowest BCUT2D eigenvalue weighted by molar-refractivity contribution is -0.143. The van der Waals surface area contributed by atoms with Gasteiger partial charge in [0, 0.05) is 6.54 Å². The van der Waals surface area contributed by atoms with E-state index in [1.807, 2.05) is 36.4 Å². The van der Waals surface area contributed by atoms with Crippen molar-refractivity contribution in [2.45, 2.75) is 12.5 Å². The van der Waals surface area contributed by atoms with Crippen LogP contribution in [-0.2, 0) is 14.3 Å². The van der Waals surface area contributed by atoms with Crippen LogP contribution in [0.2, 0.25) is 0 Å². The van der Waals surface area contributed by atoms with Crippen molar-refractivity contribution in [2.24, 2.45) is 0 Å². The molecule has 0 unspecified atom stereocenters. The number of esters is 1. The third kappa shape index (κ3) is 3.78. The van der Waals surface area contributed by atoms with Crippen molar-refractivity contribution in [1.29, 1.82) is 0 Å². The second-order valence-corrected chi connectivity index (χ2v) is 5.65. The summed E-state index contributed by atoms with van der Waals surface area (Å²) in [6.45, 7) is 2.01. The highest BCUT2D eigenvalue weighted by molar-refractivity contribution is 5.85. The van der Waals surface area contributed by atoms with E-state index in [9.17, 15) is 4.79 Å². The number of benzene rings is 2. The Kier molecular flexibility index (Phi) is 5.05. The molecule has 4 nitrogen and oxygen atoms in total. The summed E-state index contributed by atoms with van der Waals surface area (Å²) in [7, 11) is 1.42. The lowest BCUT2D eigenvalue weighted by Gasteiger charge is -2.20. The first-order valence-corrected chi connectivity index (χ1v) is 7.83. The molecule has 0 saturated carbocycles. The lowest BCUT2D eigenvalue weighted by Crippen LogP contribution is -2.32. The Hall–Kier alpha value is -2.17. The molecule has 0 saturated heterocycles. The van der Waals surface area contributed by atoms with Crippen LogP contribution in [0.4, 0.5) is 0 Å². The maximum absolute atomic E-state index is 12.2. The van der Waals surface area contributed by atoms with Gasteiger partial charge in [0.05, 0.1) is 20.3 Å². The van der Waals surface area contributed by atoms with Crippen molar-refractivity contribution >= 4 is 16.7 Å². The standard InChI is InChI=1S/C19H21NO3/c1-22-19(21)18(20-12-14-5-4-10-23-13-14)17-9-8-15-6-2-3-7-16(15)11-17/h2-3,5-9,11,18,20H,4,10,12-13H2,1H3/t18-/m0/s1. The molecule has 3 rings (SSSR count). The van der Waals surface area contributed by atoms with E-state index in [0.717, 1.165) is 29.4 Å². The average molecular weight is 311 g/mol. The zero-order valence-corrected chi connectivity index (χ0v) is 13.2. The summed E-state index contributed by atoms with van der Waals surface area (Å²) in [6.07, 6.45) is 3.10. The molecule has 0 radical (unpaired) electrons. The summed E-state index contributed by atoms with van der Waals surface area (Å²) >= 11 is 0. The van der Waals surface area contributed by atoms with Crippen molar-refractivity contribution in [3.8, 4) is 0 Å². The van der Waals surface area contributed by atoms with Gasteiger partial charge in [-0.25, -0.2) is 4.79 Å². The second-order valence-electron chi connectivity index (χ2n) is 5.65. The third-order valence-electron chi connectivity index (χ3n) is 4.06. The predicted molar refractivity (Wildman–Crippen MR) is 90.2 cm³/mol. The molecule has 1 aliphatic rings. The number of fused-ring (bicyclic) bond motifs is 1. The second kappa shape index (κ2) is 7.40. The molecule has 2 aromatic carbocycles. The maximum atomic E-state index is 12.2. The van der Waals surface area contributed by atoms with Crippen LogP contribution < -0.4 is 5.32 Å². The van der Waals surface area contributed by atoms with Crippen LogP contribution in [0, 0.1) is 0 Å². The number of nitrogens with one attached hydrogen (secondary N) is 1. The van der Waals surface area contributed by atoms with Gasteiger partial charge in [-0.1, -0.05) is 42.5 Å². The highest BCUT2D eigenvalue weighted by Crippen LogP contribution is 2.22. The Morgan fingerprint density at radius 2 is 2.09 bits per heavy atom. The van der Waals surface area contributed by atoms with E-state index in [-0.39, 0.29) is 5.97 Å². The molecule has 0 aromatic heterocycles. The molecule has 0 aliphatic carbocycles. The Bertz CT molecular complexity index is 723. The summed E-state index contributed by atoms with van der Waals surface area (Å²) in [6, 6.07) is 13.7. The average Bonchev–Trinajstić information content (AvgIpc) is 2.62. The fraction of sp³-hybridized carbons (Fsp3) is 0.316. The number of ether oxygens (including phenoxy) is 2. The number of hydrogen-bond acceptors (Lipinski definition) is 4. The summed E-state index contributed by atoms with van der Waals surface area (Å²) in [4.78, 5) is 12.2. The van der Waals surface area contributed by atoms with Crippen LogP contribution >= 0.6 is 0 Å². The van der Waals surface area contributed by atoms with Gasteiger partial charge in [-0.3, -0.25) is 5.32 Å². The van der Waals surface area contributed by atoms with Crippen LogP contribution in [0.5, 0.6) is 0 Å². The van der Waals surface area contributed by atoms with Gasteiger partial charge in [0.15, 0.2) is 0 Å². The van der Waals surface area contributed by atoms with Gasteiger partial charge in [-0.15, -0.1) is 0 Å². The van der Waals surface area contributed by atoms with E-state index in [2.05, 4.69) is 17.5 Å². The first-order valence-electron chi connectivity index (χ1n) is 7.83. The summed E-state index contributed by atoms with van der Waals surface area (Å²) in [5.41, 5.74) is 2.08. The molecule has 120 valence electrons. The molecule has 1 N–H and O–H groups in total. The van der Waals surface area contributed by atoms with Crippen molar-refractivity contribution in [2.75, 3.05) is 26.9 Å². The normalized spacial score (nSPS) is 16.0. The number of hydrogen-bond donors (Lipinski definition) is 1. The van der Waals surface area contributed by atoms with E-state index < -0.39 is 6.04 Å². The summed E-state index contributed by atoms with van der Waals surface area (Å²) in [5, 5.41) is 5.57. The lowest BCUT2D eigenvalue weighted by atomic mass is 10.0. The molecular weight excluding hydrogens is 290 g/mol. The number of methoxy groups -OCH3 is 1. The maximum Gasteiger partial charge on any atom is 0.327 e. The Morgan fingerprint density at radius 1 is 1.26 bits per heavy atom. The quantitative estimate of drug-likeness (QED) is 0.681. The molecule has 2 aromatic rings. The molecule has 0 fully saturated rings. The van der Waals surface area contributed by atoms with Gasteiger partial charge in [-0.05, 0) is 34.4 Å². The van der Waals surface area contributed by atoms with Crippen molar-refractivity contribution in [3.63, 3.8) is 0 Å². The van der Waals surface area contributed by atoms with Crippen molar-refractivity contribution < 1.29 is 14.3 Å². The van der Waals surface area contributed by atoms with Gasteiger partial charge < -0.3 is 9.47 Å². The first-order chi connectivity index (χ1) is 11.3. The van der Waals surface area contributed by atoms with Crippen molar-refractivity contribution in [1.82, 2.24) is 5.32 Å². The van der Waals surface area contributed by atoms with Gasteiger partial charge in [0.25, 0.3) is 0 Å². The molecule has 0 bridgehead atoms. The number of rotatable bonds is 5. The van der Waals surface area contributed by atoms with E-state index in [0.29, 0.717) is 13.2 Å². The zero-order chi connectivity index (χ0) is 16.1. The molecule has 4 heteroatoms. The molecule has 23 heavy (non-hydrogen) atoms. The topological polar surface area (TPSA) is 47.6 Å². The van der Waals surface area contributed by atoms with Gasteiger partial charge >= 0.3 is 5.97 Å². The Morgan fingerprint density at radius 3 is 2.83 bits per heavy atom. The minimum absolute atomic E-state index is 0.280. The molecule has 0 amide bonds. The van der Waals surface area contributed by atoms with Crippen LogP contribution in [0.3, 0.4) is 0 Å². The molecule has 1 atom stereocenters. The summed E-state index contributed by atoms with van der Waals surface area (Å²) < 4.78 is 10.4. The minimum Gasteiger partial charge on any atom is -0.468 e. The largest absolute Gasteiger partial charge is 0.468 e. The van der Waals surface area contributed by atoms with Gasteiger partial charge in [0.2, 0.25) is 0 Å². The predicted octanol–water partition coefficient (Wildman–Crippen LogP) is 2.99. The van der Waals surface area contributed by atoms with Crippen molar-refractivity contribution in [3.05, 3.63) is 59.7 Å². The fourth-order valence-electron chi connectivity index (χ4n) is 2.81. The Labute approximate surface area is 136 Å². The molecule has 1 aliphatic heterocycles. The van der Waals surface area contributed by atoms with E-state index in [4.69, 9.17) is 9.47 Å². The van der Waals surface area contributed by atoms with Crippen LogP contribution in [-0.4, -0.2) is 32.8 Å². The monoisotopic (exact) mass is 311 g/mol. The Balaban J connectivity index is 1.81. The van der Waals surface area contributed by atoms with Crippen LogP contribution in [0.15, 0.2) is 54.1 Å². The number of carbonyl (C=O) groups excluding carboxylic acids is 1. The smallest absolute Gasteiger partial charge is 0.327 e. The highest BCUT2D eigenvalue weighted by Gasteiger charge is 2.21. The van der Waals surface area contributed by atoms with Gasteiger partial charge in [-0.2, -0.15) is 0 Å². The van der Waals surface area contributed by atoms with E-state index >= 15 is 0 Å². The van der Waals surface area contributed by atoms with Gasteiger partial charge in [0.1, 0.15) is 6.04 Å². The SMILES string of the molecule is COC(=O)[C@@H](NCC1=CCCOC1)c1ccc2ccccc2c1. The molecule has 0 spiro atoms. The molecular formula is C19H21NO3. The highest BCUT2D eigenvalue weighted by atomic mass is 16.5. The van der Waals surface area contributed by atoms with E-state index in [1.54, 1.807) is 0 Å². The van der Waals surface area contributed by atoms with Crippen LogP contribution in [0.1, 0.15) is 18.0 Å². The fourth-order valence-corrected chi connectivity index (χ4v) is 2.81.